The minimum atomic E-state index is -0.544. The monoisotopic (exact) mass is 333 g/mol. The third-order valence-electron chi connectivity index (χ3n) is 2.94. The van der Waals surface area contributed by atoms with E-state index in [1.807, 2.05) is 18.4 Å². The quantitative estimate of drug-likeness (QED) is 0.499. The molecule has 8 heteroatoms. The summed E-state index contributed by atoms with van der Waals surface area (Å²) < 4.78 is 5.20. The SMILES string of the molecule is Cc1ccc(OCC(=O)N/N=C/c2sccc2C)c([N+](=O)[O-])c1. The molecule has 0 spiro atoms. The van der Waals surface area contributed by atoms with Gasteiger partial charge in [-0.3, -0.25) is 14.9 Å². The number of hydrogen-bond acceptors (Lipinski definition) is 6. The molecule has 1 amide bonds. The molecule has 23 heavy (non-hydrogen) atoms. The lowest BCUT2D eigenvalue weighted by Gasteiger charge is -2.06. The van der Waals surface area contributed by atoms with E-state index in [2.05, 4.69) is 10.5 Å². The Kier molecular flexibility index (Phi) is 5.42. The number of aryl methyl sites for hydroxylation is 2. The minimum Gasteiger partial charge on any atom is -0.477 e. The number of nitrogens with one attached hydrogen (secondary N) is 1. The lowest BCUT2D eigenvalue weighted by molar-refractivity contribution is -0.385. The zero-order chi connectivity index (χ0) is 16.8. The second-order valence-electron chi connectivity index (χ2n) is 4.78. The molecule has 120 valence electrons. The standard InChI is InChI=1S/C15H15N3O4S/c1-10-3-4-13(12(7-10)18(20)21)22-9-15(19)17-16-8-14-11(2)5-6-23-14/h3-8H,9H2,1-2H3,(H,17,19)/b16-8+. The maximum absolute atomic E-state index is 11.7. The molecule has 1 aromatic carbocycles. The van der Waals surface area contributed by atoms with Gasteiger partial charge in [-0.2, -0.15) is 5.10 Å². The van der Waals surface area contributed by atoms with Crippen molar-refractivity contribution in [2.45, 2.75) is 13.8 Å². The minimum absolute atomic E-state index is 0.0498. The number of nitrogens with zero attached hydrogens (tertiary/aromatic N) is 2. The molecule has 0 saturated heterocycles. The third kappa shape index (κ3) is 4.62. The topological polar surface area (TPSA) is 93.8 Å². The van der Waals surface area contributed by atoms with E-state index in [1.54, 1.807) is 19.2 Å². The summed E-state index contributed by atoms with van der Waals surface area (Å²) in [4.78, 5) is 23.0. The lowest BCUT2D eigenvalue weighted by Crippen LogP contribution is -2.24. The number of hydrazone groups is 1. The molecule has 0 aliphatic heterocycles. The van der Waals surface area contributed by atoms with Gasteiger partial charge in [0, 0.05) is 10.9 Å². The van der Waals surface area contributed by atoms with E-state index in [0.717, 1.165) is 16.0 Å². The normalized spacial score (nSPS) is 10.7. The van der Waals surface area contributed by atoms with E-state index in [4.69, 9.17) is 4.74 Å². The molecule has 0 bridgehead atoms. The van der Waals surface area contributed by atoms with Crippen LogP contribution in [0.15, 0.2) is 34.7 Å². The van der Waals surface area contributed by atoms with E-state index >= 15 is 0 Å². The van der Waals surface area contributed by atoms with Crippen LogP contribution in [-0.4, -0.2) is 23.7 Å². The Morgan fingerprint density at radius 1 is 1.43 bits per heavy atom. The van der Waals surface area contributed by atoms with Crippen LogP contribution < -0.4 is 10.2 Å². The van der Waals surface area contributed by atoms with Crippen molar-refractivity contribution in [2.75, 3.05) is 6.61 Å². The van der Waals surface area contributed by atoms with Crippen LogP contribution in [0.2, 0.25) is 0 Å². The average Bonchev–Trinajstić information content (AvgIpc) is 2.91. The van der Waals surface area contributed by atoms with Crippen LogP contribution in [-0.2, 0) is 4.79 Å². The highest BCUT2D eigenvalue weighted by atomic mass is 32.1. The molecule has 0 aliphatic rings. The molecular formula is C15H15N3O4S. The first-order valence-corrected chi connectivity index (χ1v) is 7.59. The molecule has 0 aliphatic carbocycles. The van der Waals surface area contributed by atoms with Crippen molar-refractivity contribution >= 4 is 29.1 Å². The van der Waals surface area contributed by atoms with Gasteiger partial charge in [-0.15, -0.1) is 11.3 Å². The Bertz CT molecular complexity index is 755. The summed E-state index contributed by atoms with van der Waals surface area (Å²) in [5, 5.41) is 16.7. The van der Waals surface area contributed by atoms with Crippen molar-refractivity contribution in [2.24, 2.45) is 5.10 Å². The van der Waals surface area contributed by atoms with Gasteiger partial charge in [0.1, 0.15) is 0 Å². The zero-order valence-electron chi connectivity index (χ0n) is 12.6. The molecule has 0 fully saturated rings. The van der Waals surface area contributed by atoms with Gasteiger partial charge in [0.05, 0.1) is 11.1 Å². The van der Waals surface area contributed by atoms with Crippen molar-refractivity contribution in [3.05, 3.63) is 55.8 Å². The summed E-state index contributed by atoms with van der Waals surface area (Å²) in [6.45, 7) is 3.33. The number of benzene rings is 1. The largest absolute Gasteiger partial charge is 0.477 e. The second kappa shape index (κ2) is 7.50. The summed E-state index contributed by atoms with van der Waals surface area (Å²) in [5.41, 5.74) is 3.96. The summed E-state index contributed by atoms with van der Waals surface area (Å²) in [6, 6.07) is 6.50. The molecular weight excluding hydrogens is 318 g/mol. The van der Waals surface area contributed by atoms with E-state index in [9.17, 15) is 14.9 Å². The number of carbonyl (C=O) groups excluding carboxylic acids is 1. The fourth-order valence-electron chi connectivity index (χ4n) is 1.75. The van der Waals surface area contributed by atoms with E-state index in [-0.39, 0.29) is 18.0 Å². The molecule has 1 N–H and O–H groups in total. The van der Waals surface area contributed by atoms with E-state index in [1.165, 1.54) is 23.5 Å². The van der Waals surface area contributed by atoms with Gasteiger partial charge in [0.2, 0.25) is 0 Å². The fraction of sp³-hybridized carbons (Fsp3) is 0.200. The molecule has 0 atom stereocenters. The molecule has 0 unspecified atom stereocenters. The van der Waals surface area contributed by atoms with Crippen molar-refractivity contribution < 1.29 is 14.5 Å². The van der Waals surface area contributed by atoms with Crippen LogP contribution in [0.1, 0.15) is 16.0 Å². The Hall–Kier alpha value is -2.74. The first-order valence-electron chi connectivity index (χ1n) is 6.71. The van der Waals surface area contributed by atoms with Crippen molar-refractivity contribution in [1.82, 2.24) is 5.43 Å². The highest BCUT2D eigenvalue weighted by Gasteiger charge is 2.16. The van der Waals surface area contributed by atoms with Gasteiger partial charge >= 0.3 is 5.69 Å². The Balaban J connectivity index is 1.91. The van der Waals surface area contributed by atoms with Gasteiger partial charge in [-0.1, -0.05) is 6.07 Å². The fourth-order valence-corrected chi connectivity index (χ4v) is 2.53. The predicted octanol–water partition coefficient (Wildman–Crippen LogP) is 2.80. The number of ether oxygens (including phenoxy) is 1. The van der Waals surface area contributed by atoms with Crippen LogP contribution in [0.25, 0.3) is 0 Å². The van der Waals surface area contributed by atoms with Crippen molar-refractivity contribution in [3.8, 4) is 5.75 Å². The highest BCUT2D eigenvalue weighted by molar-refractivity contribution is 7.11. The van der Waals surface area contributed by atoms with Gasteiger partial charge in [-0.05, 0) is 42.5 Å². The van der Waals surface area contributed by atoms with Gasteiger partial charge < -0.3 is 4.74 Å². The van der Waals surface area contributed by atoms with Crippen LogP contribution in [0.4, 0.5) is 5.69 Å². The predicted molar refractivity (Wildman–Crippen MR) is 88.1 cm³/mol. The summed E-state index contributed by atoms with van der Waals surface area (Å²) in [5.74, 6) is -0.445. The van der Waals surface area contributed by atoms with Crippen LogP contribution >= 0.6 is 11.3 Å². The smallest absolute Gasteiger partial charge is 0.311 e. The van der Waals surface area contributed by atoms with E-state index in [0.29, 0.717) is 0 Å². The summed E-state index contributed by atoms with van der Waals surface area (Å²) in [7, 11) is 0. The maximum atomic E-state index is 11.7. The number of nitro benzene ring substituents is 1. The molecule has 0 radical (unpaired) electrons. The maximum Gasteiger partial charge on any atom is 0.311 e. The number of carbonyl (C=O) groups is 1. The van der Waals surface area contributed by atoms with Crippen molar-refractivity contribution in [3.63, 3.8) is 0 Å². The molecule has 7 nitrogen and oxygen atoms in total. The number of rotatable bonds is 6. The van der Waals surface area contributed by atoms with Crippen LogP contribution in [0.5, 0.6) is 5.75 Å². The average molecular weight is 333 g/mol. The highest BCUT2D eigenvalue weighted by Crippen LogP contribution is 2.27. The number of thiophene rings is 1. The molecule has 2 aromatic rings. The van der Waals surface area contributed by atoms with Gasteiger partial charge in [0.25, 0.3) is 5.91 Å². The zero-order valence-corrected chi connectivity index (χ0v) is 13.4. The van der Waals surface area contributed by atoms with Crippen LogP contribution in [0.3, 0.4) is 0 Å². The van der Waals surface area contributed by atoms with Crippen LogP contribution in [0, 0.1) is 24.0 Å². The van der Waals surface area contributed by atoms with Crippen molar-refractivity contribution in [1.29, 1.82) is 0 Å². The third-order valence-corrected chi connectivity index (χ3v) is 3.90. The lowest BCUT2D eigenvalue weighted by atomic mass is 10.2. The first-order chi connectivity index (χ1) is 11.0. The summed E-state index contributed by atoms with van der Waals surface area (Å²) >= 11 is 1.51. The Labute approximate surface area is 136 Å². The molecule has 1 heterocycles. The molecule has 1 aromatic heterocycles. The number of nitro groups is 1. The molecule has 2 rings (SSSR count). The van der Waals surface area contributed by atoms with Gasteiger partial charge in [-0.25, -0.2) is 5.43 Å². The summed E-state index contributed by atoms with van der Waals surface area (Å²) in [6.07, 6.45) is 1.55. The number of amides is 1. The Morgan fingerprint density at radius 3 is 2.87 bits per heavy atom. The molecule has 0 saturated carbocycles. The van der Waals surface area contributed by atoms with Gasteiger partial charge in [0.15, 0.2) is 12.4 Å². The first kappa shape index (κ1) is 16.6. The number of hydrogen-bond donors (Lipinski definition) is 1. The Morgan fingerprint density at radius 2 is 2.22 bits per heavy atom. The van der Waals surface area contributed by atoms with E-state index < -0.39 is 10.8 Å². The second-order valence-corrected chi connectivity index (χ2v) is 5.73.